The zero-order valence-corrected chi connectivity index (χ0v) is 16.6. The van der Waals surface area contributed by atoms with Gasteiger partial charge in [0.25, 0.3) is 0 Å². The number of carbonyl (C=O) groups is 3. The van der Waals surface area contributed by atoms with E-state index in [1.807, 2.05) is 30.3 Å². The van der Waals surface area contributed by atoms with E-state index < -0.39 is 23.3 Å². The van der Waals surface area contributed by atoms with E-state index in [4.69, 9.17) is 0 Å². The molecule has 2 saturated heterocycles. The summed E-state index contributed by atoms with van der Waals surface area (Å²) >= 11 is 6.01. The SMILES string of the molecule is O=C(N[C@H]1CCSC2CCC[C@@H](C(=O)O)N2C1=O)C(S)Cc1ccccc1. The summed E-state index contributed by atoms with van der Waals surface area (Å²) in [6.45, 7) is 0. The Morgan fingerprint density at radius 2 is 2.00 bits per heavy atom. The number of carbonyl (C=O) groups excluding carboxylic acids is 2. The number of hydrogen-bond acceptors (Lipinski definition) is 5. The van der Waals surface area contributed by atoms with Crippen molar-refractivity contribution in [1.29, 1.82) is 0 Å². The van der Waals surface area contributed by atoms with Crippen LogP contribution in [0.25, 0.3) is 0 Å². The van der Waals surface area contributed by atoms with E-state index in [9.17, 15) is 19.5 Å². The third kappa shape index (κ3) is 4.79. The lowest BCUT2D eigenvalue weighted by Crippen LogP contribution is -2.57. The van der Waals surface area contributed by atoms with Crippen molar-refractivity contribution in [1.82, 2.24) is 10.2 Å². The number of thioether (sulfide) groups is 1. The molecule has 0 aliphatic carbocycles. The van der Waals surface area contributed by atoms with E-state index in [0.717, 1.165) is 18.4 Å². The van der Waals surface area contributed by atoms with Crippen molar-refractivity contribution in [2.24, 2.45) is 0 Å². The molecule has 2 heterocycles. The number of benzene rings is 1. The van der Waals surface area contributed by atoms with Crippen LogP contribution in [0.4, 0.5) is 0 Å². The molecule has 0 radical (unpaired) electrons. The maximum absolute atomic E-state index is 13.0. The minimum atomic E-state index is -0.975. The van der Waals surface area contributed by atoms with Crippen LogP contribution in [0.2, 0.25) is 0 Å². The number of fused-ring (bicyclic) bond motifs is 1. The first-order chi connectivity index (χ1) is 13.0. The van der Waals surface area contributed by atoms with Gasteiger partial charge < -0.3 is 15.3 Å². The van der Waals surface area contributed by atoms with Gasteiger partial charge in [0.05, 0.1) is 10.6 Å². The third-order valence-corrected chi connectivity index (χ3v) is 6.76. The van der Waals surface area contributed by atoms with Crippen molar-refractivity contribution in [3.63, 3.8) is 0 Å². The normalized spacial score (nSPS) is 26.6. The van der Waals surface area contributed by atoms with E-state index in [-0.39, 0.29) is 17.2 Å². The molecule has 3 rings (SSSR count). The van der Waals surface area contributed by atoms with Crippen molar-refractivity contribution in [3.05, 3.63) is 35.9 Å². The van der Waals surface area contributed by atoms with Crippen LogP contribution in [0.1, 0.15) is 31.2 Å². The number of thiol groups is 1. The molecular formula is C19H24N2O4S2. The average molecular weight is 409 g/mol. The number of hydrogen-bond donors (Lipinski definition) is 3. The number of aliphatic carboxylic acids is 1. The molecule has 0 aromatic heterocycles. The molecule has 1 aromatic rings. The van der Waals surface area contributed by atoms with Gasteiger partial charge in [-0.2, -0.15) is 12.6 Å². The molecule has 2 N–H and O–H groups in total. The first-order valence-corrected chi connectivity index (χ1v) is 10.7. The van der Waals surface area contributed by atoms with Gasteiger partial charge in [0.2, 0.25) is 11.8 Å². The lowest BCUT2D eigenvalue weighted by molar-refractivity contribution is -0.154. The summed E-state index contributed by atoms with van der Waals surface area (Å²) in [4.78, 5) is 38.7. The maximum atomic E-state index is 13.0. The molecule has 2 aliphatic heterocycles. The summed E-state index contributed by atoms with van der Waals surface area (Å²) in [6, 6.07) is 8.08. The zero-order valence-electron chi connectivity index (χ0n) is 14.9. The Labute approximate surface area is 168 Å². The van der Waals surface area contributed by atoms with Gasteiger partial charge in [0.1, 0.15) is 12.1 Å². The molecule has 0 bridgehead atoms. The molecular weight excluding hydrogens is 384 g/mol. The molecule has 2 amide bonds. The highest BCUT2D eigenvalue weighted by Crippen LogP contribution is 2.34. The van der Waals surface area contributed by atoms with Gasteiger partial charge in [0, 0.05) is 0 Å². The fourth-order valence-electron chi connectivity index (χ4n) is 3.62. The minimum absolute atomic E-state index is 0.120. The lowest BCUT2D eigenvalue weighted by Gasteiger charge is -2.39. The van der Waals surface area contributed by atoms with Crippen molar-refractivity contribution in [3.8, 4) is 0 Å². The molecule has 6 nitrogen and oxygen atoms in total. The molecule has 0 spiro atoms. The summed E-state index contributed by atoms with van der Waals surface area (Å²) in [6.07, 6.45) is 3.02. The lowest BCUT2D eigenvalue weighted by atomic mass is 10.00. The Bertz CT molecular complexity index is 700. The van der Waals surface area contributed by atoms with Crippen LogP contribution in [-0.4, -0.2) is 56.3 Å². The van der Waals surface area contributed by atoms with Gasteiger partial charge in [-0.25, -0.2) is 4.79 Å². The maximum Gasteiger partial charge on any atom is 0.326 e. The summed E-state index contributed by atoms with van der Waals surface area (Å²) in [5.41, 5.74) is 0.998. The number of nitrogens with one attached hydrogen (secondary N) is 1. The van der Waals surface area contributed by atoms with Crippen LogP contribution in [0.5, 0.6) is 0 Å². The van der Waals surface area contributed by atoms with Gasteiger partial charge in [-0.3, -0.25) is 9.59 Å². The van der Waals surface area contributed by atoms with E-state index in [1.165, 1.54) is 4.90 Å². The standard InChI is InChI=1S/C19H24N2O4S2/c22-17(15(26)11-12-5-2-1-3-6-12)20-13-9-10-27-16-8-4-7-14(19(24)25)21(16)18(13)23/h1-3,5-6,13-16,26H,4,7-11H2,(H,20,22)(H,24,25)/t13-,14-,15?,16?/m0/s1. The van der Waals surface area contributed by atoms with Crippen molar-refractivity contribution in [2.75, 3.05) is 5.75 Å². The highest BCUT2D eigenvalue weighted by atomic mass is 32.2. The number of carboxylic acid groups (broad SMARTS) is 1. The number of amides is 2. The Morgan fingerprint density at radius 3 is 2.70 bits per heavy atom. The molecule has 2 unspecified atom stereocenters. The first-order valence-electron chi connectivity index (χ1n) is 9.16. The smallest absolute Gasteiger partial charge is 0.326 e. The summed E-state index contributed by atoms with van der Waals surface area (Å²) in [7, 11) is 0. The van der Waals surface area contributed by atoms with E-state index in [1.54, 1.807) is 11.8 Å². The van der Waals surface area contributed by atoms with E-state index in [2.05, 4.69) is 17.9 Å². The van der Waals surface area contributed by atoms with Gasteiger partial charge in [-0.15, -0.1) is 11.8 Å². The second kappa shape index (κ2) is 9.01. The van der Waals surface area contributed by atoms with Crippen LogP contribution < -0.4 is 5.32 Å². The van der Waals surface area contributed by atoms with Crippen molar-refractivity contribution >= 4 is 42.2 Å². The number of rotatable bonds is 5. The molecule has 146 valence electrons. The number of nitrogens with zero attached hydrogens (tertiary/aromatic N) is 1. The fourth-order valence-corrected chi connectivity index (χ4v) is 5.30. The number of carboxylic acids is 1. The van der Waals surface area contributed by atoms with Crippen molar-refractivity contribution in [2.45, 2.75) is 54.8 Å². The predicted octanol–water partition coefficient (Wildman–Crippen LogP) is 1.94. The van der Waals surface area contributed by atoms with Crippen LogP contribution in [0, 0.1) is 0 Å². The Morgan fingerprint density at radius 1 is 1.26 bits per heavy atom. The summed E-state index contributed by atoms with van der Waals surface area (Å²) in [5.74, 6) is -0.851. The monoisotopic (exact) mass is 408 g/mol. The van der Waals surface area contributed by atoms with Crippen molar-refractivity contribution < 1.29 is 19.5 Å². The van der Waals surface area contributed by atoms with Crippen LogP contribution >= 0.6 is 24.4 Å². The second-order valence-electron chi connectivity index (χ2n) is 6.91. The van der Waals surface area contributed by atoms with E-state index in [0.29, 0.717) is 25.0 Å². The third-order valence-electron chi connectivity index (χ3n) is 5.02. The van der Waals surface area contributed by atoms with Gasteiger partial charge >= 0.3 is 5.97 Å². The largest absolute Gasteiger partial charge is 0.480 e. The van der Waals surface area contributed by atoms with Crippen LogP contribution in [-0.2, 0) is 20.8 Å². The zero-order chi connectivity index (χ0) is 19.4. The Balaban J connectivity index is 1.67. The minimum Gasteiger partial charge on any atom is -0.480 e. The topological polar surface area (TPSA) is 86.7 Å². The Hall–Kier alpha value is -1.67. The van der Waals surface area contributed by atoms with E-state index >= 15 is 0 Å². The quantitative estimate of drug-likeness (QED) is 0.648. The molecule has 2 fully saturated rings. The van der Waals surface area contributed by atoms with Crippen LogP contribution in [0.15, 0.2) is 30.3 Å². The van der Waals surface area contributed by atoms with Crippen LogP contribution in [0.3, 0.4) is 0 Å². The van der Waals surface area contributed by atoms with Gasteiger partial charge in [-0.1, -0.05) is 30.3 Å². The molecule has 1 aromatic carbocycles. The molecule has 4 atom stereocenters. The first kappa shape index (κ1) is 20.1. The molecule has 27 heavy (non-hydrogen) atoms. The highest BCUT2D eigenvalue weighted by Gasteiger charge is 2.43. The molecule has 2 aliphatic rings. The highest BCUT2D eigenvalue weighted by molar-refractivity contribution is 7.99. The average Bonchev–Trinajstić information content (AvgIpc) is 2.81. The fraction of sp³-hybridized carbons (Fsp3) is 0.526. The second-order valence-corrected chi connectivity index (χ2v) is 8.82. The van der Waals surface area contributed by atoms with Gasteiger partial charge in [-0.05, 0) is 43.4 Å². The molecule has 0 saturated carbocycles. The predicted molar refractivity (Wildman–Crippen MR) is 108 cm³/mol. The Kier molecular flexibility index (Phi) is 6.70. The summed E-state index contributed by atoms with van der Waals surface area (Å²) < 4.78 is 0. The number of piperidine rings is 1. The summed E-state index contributed by atoms with van der Waals surface area (Å²) in [5, 5.41) is 11.6. The van der Waals surface area contributed by atoms with Gasteiger partial charge in [0.15, 0.2) is 0 Å². The molecule has 8 heteroatoms.